The van der Waals surface area contributed by atoms with Crippen LogP contribution < -0.4 is 8.92 Å². The van der Waals surface area contributed by atoms with Gasteiger partial charge in [0.25, 0.3) is 0 Å². The standard InChI is InChI=1S/C9H12O3S/c1-7-4-5-8(12-13-11-3)6-9(7)10-2/h4-6H,1-3H3. The van der Waals surface area contributed by atoms with E-state index in [1.807, 2.05) is 25.1 Å². The lowest BCUT2D eigenvalue weighted by atomic mass is 10.2. The Labute approximate surface area is 82.4 Å². The molecule has 0 spiro atoms. The van der Waals surface area contributed by atoms with Gasteiger partial charge in [0.1, 0.15) is 11.5 Å². The third-order valence-electron chi connectivity index (χ3n) is 1.58. The van der Waals surface area contributed by atoms with Crippen molar-refractivity contribution < 1.29 is 13.1 Å². The monoisotopic (exact) mass is 200 g/mol. The summed E-state index contributed by atoms with van der Waals surface area (Å²) in [5.74, 6) is 1.53. The minimum absolute atomic E-state index is 0.717. The Morgan fingerprint density at radius 1 is 1.23 bits per heavy atom. The summed E-state index contributed by atoms with van der Waals surface area (Å²) in [5.41, 5.74) is 1.08. The van der Waals surface area contributed by atoms with Gasteiger partial charge in [-0.1, -0.05) is 6.07 Å². The van der Waals surface area contributed by atoms with E-state index in [0.717, 1.165) is 23.6 Å². The Bertz CT molecular complexity index is 276. The highest BCUT2D eigenvalue weighted by Crippen LogP contribution is 2.25. The largest absolute Gasteiger partial charge is 0.496 e. The van der Waals surface area contributed by atoms with Crippen LogP contribution in [0.2, 0.25) is 0 Å². The van der Waals surface area contributed by atoms with Crippen LogP contribution in [0.15, 0.2) is 18.2 Å². The molecule has 0 saturated heterocycles. The number of rotatable bonds is 4. The Kier molecular flexibility index (Phi) is 3.92. The maximum absolute atomic E-state index is 5.17. The van der Waals surface area contributed by atoms with Gasteiger partial charge in [-0.3, -0.25) is 4.18 Å². The zero-order valence-electron chi connectivity index (χ0n) is 7.87. The van der Waals surface area contributed by atoms with Crippen LogP contribution in [0.5, 0.6) is 11.5 Å². The van der Waals surface area contributed by atoms with Gasteiger partial charge in [-0.05, 0) is 18.6 Å². The SMILES string of the molecule is COSOc1ccc(C)c(OC)c1. The van der Waals surface area contributed by atoms with Crippen molar-refractivity contribution in [2.75, 3.05) is 14.2 Å². The Morgan fingerprint density at radius 3 is 2.62 bits per heavy atom. The topological polar surface area (TPSA) is 27.7 Å². The molecule has 0 aliphatic carbocycles. The van der Waals surface area contributed by atoms with Crippen molar-refractivity contribution in [2.24, 2.45) is 0 Å². The smallest absolute Gasteiger partial charge is 0.225 e. The molecule has 0 heterocycles. The van der Waals surface area contributed by atoms with Crippen molar-refractivity contribution in [1.29, 1.82) is 0 Å². The summed E-state index contributed by atoms with van der Waals surface area (Å²) in [7, 11) is 3.19. The van der Waals surface area contributed by atoms with Crippen molar-refractivity contribution in [2.45, 2.75) is 6.92 Å². The van der Waals surface area contributed by atoms with Gasteiger partial charge >= 0.3 is 0 Å². The first kappa shape index (κ1) is 10.2. The fourth-order valence-electron chi connectivity index (χ4n) is 0.925. The summed E-state index contributed by atoms with van der Waals surface area (Å²) >= 11 is 0.931. The van der Waals surface area contributed by atoms with Gasteiger partial charge in [0.2, 0.25) is 12.3 Å². The van der Waals surface area contributed by atoms with Crippen LogP contribution in [-0.2, 0) is 4.18 Å². The summed E-state index contributed by atoms with van der Waals surface area (Å²) < 4.78 is 15.0. The summed E-state index contributed by atoms with van der Waals surface area (Å²) in [6.45, 7) is 1.98. The van der Waals surface area contributed by atoms with E-state index in [0.29, 0.717) is 5.75 Å². The van der Waals surface area contributed by atoms with Gasteiger partial charge < -0.3 is 8.92 Å². The van der Waals surface area contributed by atoms with E-state index in [1.54, 1.807) is 14.2 Å². The first-order valence-electron chi connectivity index (χ1n) is 3.80. The lowest BCUT2D eigenvalue weighted by molar-refractivity contribution is 0.407. The third-order valence-corrected chi connectivity index (χ3v) is 1.97. The minimum Gasteiger partial charge on any atom is -0.496 e. The summed E-state index contributed by atoms with van der Waals surface area (Å²) in [6.07, 6.45) is 0. The number of benzene rings is 1. The van der Waals surface area contributed by atoms with E-state index in [9.17, 15) is 0 Å². The Hall–Kier alpha value is -0.870. The second-order valence-corrected chi connectivity index (χ2v) is 3.09. The maximum Gasteiger partial charge on any atom is 0.225 e. The van der Waals surface area contributed by atoms with Crippen LogP contribution in [0.25, 0.3) is 0 Å². The van der Waals surface area contributed by atoms with Crippen LogP contribution in [0.1, 0.15) is 5.56 Å². The lowest BCUT2D eigenvalue weighted by Gasteiger charge is -2.06. The highest BCUT2D eigenvalue weighted by molar-refractivity contribution is 7.90. The van der Waals surface area contributed by atoms with Crippen LogP contribution in [-0.4, -0.2) is 14.2 Å². The predicted molar refractivity (Wildman–Crippen MR) is 53.0 cm³/mol. The normalized spacial score (nSPS) is 9.77. The van der Waals surface area contributed by atoms with Gasteiger partial charge in [-0.2, -0.15) is 0 Å². The molecule has 72 valence electrons. The van der Waals surface area contributed by atoms with Gasteiger partial charge in [0.05, 0.1) is 14.2 Å². The zero-order chi connectivity index (χ0) is 9.68. The highest BCUT2D eigenvalue weighted by Gasteiger charge is 2.01. The summed E-state index contributed by atoms with van der Waals surface area (Å²) in [4.78, 5) is 0. The zero-order valence-corrected chi connectivity index (χ0v) is 8.68. The molecule has 0 aliphatic rings. The van der Waals surface area contributed by atoms with E-state index in [1.165, 1.54) is 0 Å². The minimum atomic E-state index is 0.717. The lowest BCUT2D eigenvalue weighted by Crippen LogP contribution is -1.88. The van der Waals surface area contributed by atoms with Gasteiger partial charge in [0.15, 0.2) is 0 Å². The first-order chi connectivity index (χ1) is 6.27. The molecule has 0 saturated carbocycles. The van der Waals surface area contributed by atoms with Crippen molar-refractivity contribution >= 4 is 12.3 Å². The number of methoxy groups -OCH3 is 1. The highest BCUT2D eigenvalue weighted by atomic mass is 32.2. The van der Waals surface area contributed by atoms with Crippen molar-refractivity contribution in [3.63, 3.8) is 0 Å². The van der Waals surface area contributed by atoms with E-state index in [4.69, 9.17) is 13.1 Å². The van der Waals surface area contributed by atoms with E-state index >= 15 is 0 Å². The fourth-order valence-corrected chi connectivity index (χ4v) is 1.18. The molecule has 13 heavy (non-hydrogen) atoms. The van der Waals surface area contributed by atoms with Gasteiger partial charge in [-0.15, -0.1) is 0 Å². The Morgan fingerprint density at radius 2 is 2.00 bits per heavy atom. The summed E-state index contributed by atoms with van der Waals surface area (Å²) in [5, 5.41) is 0. The van der Waals surface area contributed by atoms with Crippen molar-refractivity contribution in [3.05, 3.63) is 23.8 Å². The second kappa shape index (κ2) is 4.99. The molecule has 0 atom stereocenters. The van der Waals surface area contributed by atoms with E-state index in [-0.39, 0.29) is 0 Å². The number of hydrogen-bond donors (Lipinski definition) is 0. The molecule has 1 aromatic rings. The number of hydrogen-bond acceptors (Lipinski definition) is 4. The Balaban J connectivity index is 2.74. The quantitative estimate of drug-likeness (QED) is 0.698. The van der Waals surface area contributed by atoms with Crippen LogP contribution in [0.4, 0.5) is 0 Å². The molecule has 1 aromatic carbocycles. The van der Waals surface area contributed by atoms with E-state index < -0.39 is 0 Å². The molecule has 0 fully saturated rings. The van der Waals surface area contributed by atoms with Crippen molar-refractivity contribution in [1.82, 2.24) is 0 Å². The van der Waals surface area contributed by atoms with E-state index in [2.05, 4.69) is 0 Å². The molecule has 0 amide bonds. The second-order valence-electron chi connectivity index (χ2n) is 2.45. The molecule has 3 nitrogen and oxygen atoms in total. The maximum atomic E-state index is 5.17. The number of ether oxygens (including phenoxy) is 1. The van der Waals surface area contributed by atoms with Crippen LogP contribution in [0.3, 0.4) is 0 Å². The first-order valence-corrected chi connectivity index (χ1v) is 4.46. The van der Waals surface area contributed by atoms with Gasteiger partial charge in [-0.25, -0.2) is 0 Å². The molecule has 0 aromatic heterocycles. The molecular formula is C9H12O3S. The molecular weight excluding hydrogens is 188 g/mol. The molecule has 4 heteroatoms. The van der Waals surface area contributed by atoms with Crippen LogP contribution >= 0.6 is 12.3 Å². The summed E-state index contributed by atoms with van der Waals surface area (Å²) in [6, 6.07) is 5.62. The number of aryl methyl sites for hydroxylation is 1. The molecule has 0 unspecified atom stereocenters. The third kappa shape index (κ3) is 2.82. The molecule has 0 aliphatic heterocycles. The van der Waals surface area contributed by atoms with Crippen LogP contribution in [0, 0.1) is 6.92 Å². The molecule has 0 bridgehead atoms. The van der Waals surface area contributed by atoms with Crippen molar-refractivity contribution in [3.8, 4) is 11.5 Å². The average molecular weight is 200 g/mol. The molecule has 1 rings (SSSR count). The predicted octanol–water partition coefficient (Wildman–Crippen LogP) is 2.59. The fraction of sp³-hybridized carbons (Fsp3) is 0.333. The average Bonchev–Trinajstić information content (AvgIpc) is 2.16. The molecule has 0 N–H and O–H groups in total. The van der Waals surface area contributed by atoms with Gasteiger partial charge in [0, 0.05) is 6.07 Å². The molecule has 0 radical (unpaired) electrons.